The molecule has 0 unspecified atom stereocenters. The third-order valence-corrected chi connectivity index (χ3v) is 5.77. The zero-order valence-corrected chi connectivity index (χ0v) is 12.4. The van der Waals surface area contributed by atoms with Crippen molar-refractivity contribution in [2.75, 3.05) is 0 Å². The van der Waals surface area contributed by atoms with Gasteiger partial charge in [-0.15, -0.1) is 0 Å². The van der Waals surface area contributed by atoms with Crippen molar-refractivity contribution in [2.24, 2.45) is 0 Å². The van der Waals surface area contributed by atoms with E-state index in [0.717, 1.165) is 25.7 Å². The largest absolute Gasteiger partial charge is 0.0795 e. The van der Waals surface area contributed by atoms with E-state index in [1.807, 2.05) is 0 Å². The quantitative estimate of drug-likeness (QED) is 0.628. The summed E-state index contributed by atoms with van der Waals surface area (Å²) in [7, 11) is 0. The smallest absolute Gasteiger partial charge is 0.00579 e. The fourth-order valence-electron chi connectivity index (χ4n) is 4.94. The molecule has 0 amide bonds. The van der Waals surface area contributed by atoms with Crippen LogP contribution in [0.25, 0.3) is 35.1 Å². The molecule has 0 spiro atoms. The summed E-state index contributed by atoms with van der Waals surface area (Å²) in [5, 5.41) is 3.10. The molecule has 0 heteroatoms. The Kier molecular flexibility index (Phi) is 1.89. The Morgan fingerprint density at radius 3 is 1.23 bits per heavy atom. The molecule has 0 heterocycles. The van der Waals surface area contributed by atoms with Crippen LogP contribution >= 0.6 is 0 Å². The molecule has 0 aromatic heterocycles. The van der Waals surface area contributed by atoms with Crippen LogP contribution in [-0.4, -0.2) is 0 Å². The summed E-state index contributed by atoms with van der Waals surface area (Å²) in [5.41, 5.74) is 12.3. The highest BCUT2D eigenvalue weighted by molar-refractivity contribution is 6.08. The molecule has 22 heavy (non-hydrogen) atoms. The summed E-state index contributed by atoms with van der Waals surface area (Å²) < 4.78 is 0. The van der Waals surface area contributed by atoms with Crippen molar-refractivity contribution in [2.45, 2.75) is 25.7 Å². The maximum absolute atomic E-state index is 2.38. The molecule has 2 aromatic carbocycles. The van der Waals surface area contributed by atoms with Crippen molar-refractivity contribution in [1.29, 1.82) is 0 Å². The molecule has 0 saturated heterocycles. The highest BCUT2D eigenvalue weighted by atomic mass is 14.3. The first-order chi connectivity index (χ1) is 10.9. The molecular formula is C22H16. The minimum absolute atomic E-state index is 1.09. The van der Waals surface area contributed by atoms with E-state index in [4.69, 9.17) is 0 Å². The molecule has 6 rings (SSSR count). The van der Waals surface area contributed by atoms with Gasteiger partial charge in [0.15, 0.2) is 0 Å². The number of fused-ring (bicyclic) bond motifs is 11. The van der Waals surface area contributed by atoms with Crippen LogP contribution in [0.1, 0.15) is 44.5 Å². The second-order valence-electron chi connectivity index (χ2n) is 6.74. The van der Waals surface area contributed by atoms with E-state index in [-0.39, 0.29) is 0 Å². The van der Waals surface area contributed by atoms with Gasteiger partial charge in [-0.1, -0.05) is 48.6 Å². The van der Waals surface area contributed by atoms with Gasteiger partial charge in [0, 0.05) is 0 Å². The Balaban J connectivity index is 1.93. The Bertz CT molecular complexity index is 924. The first-order valence-electron chi connectivity index (χ1n) is 8.29. The van der Waals surface area contributed by atoms with Crippen molar-refractivity contribution in [1.82, 2.24) is 0 Å². The number of hydrogen-bond donors (Lipinski definition) is 0. The van der Waals surface area contributed by atoms with E-state index >= 15 is 0 Å². The maximum Gasteiger partial charge on any atom is -0.00579 e. The number of allylic oxidation sites excluding steroid dienone is 4. The highest BCUT2D eigenvalue weighted by Gasteiger charge is 2.28. The van der Waals surface area contributed by atoms with Crippen LogP contribution in [0.2, 0.25) is 0 Å². The Morgan fingerprint density at radius 2 is 0.773 bits per heavy atom. The van der Waals surface area contributed by atoms with Crippen LogP contribution in [0.4, 0.5) is 0 Å². The van der Waals surface area contributed by atoms with Crippen molar-refractivity contribution in [3.05, 3.63) is 68.8 Å². The molecular weight excluding hydrogens is 264 g/mol. The van der Waals surface area contributed by atoms with Crippen molar-refractivity contribution < 1.29 is 0 Å². The van der Waals surface area contributed by atoms with E-state index in [2.05, 4.69) is 48.6 Å². The number of hydrogen-bond acceptors (Lipinski definition) is 0. The molecule has 0 fully saturated rings. The Labute approximate surface area is 130 Å². The molecule has 2 aromatic rings. The predicted molar refractivity (Wildman–Crippen MR) is 94.9 cm³/mol. The Morgan fingerprint density at radius 1 is 0.409 bits per heavy atom. The second-order valence-corrected chi connectivity index (χ2v) is 6.74. The van der Waals surface area contributed by atoms with Gasteiger partial charge in [0.1, 0.15) is 0 Å². The van der Waals surface area contributed by atoms with Crippen LogP contribution < -0.4 is 0 Å². The van der Waals surface area contributed by atoms with E-state index in [0.29, 0.717) is 0 Å². The van der Waals surface area contributed by atoms with Gasteiger partial charge in [0.05, 0.1) is 0 Å². The van der Waals surface area contributed by atoms with Gasteiger partial charge in [-0.05, 0) is 81.0 Å². The van der Waals surface area contributed by atoms with Crippen LogP contribution in [0.5, 0.6) is 0 Å². The van der Waals surface area contributed by atoms with Crippen molar-refractivity contribution in [3.63, 3.8) is 0 Å². The van der Waals surface area contributed by atoms with E-state index < -0.39 is 0 Å². The second kappa shape index (κ2) is 3.70. The lowest BCUT2D eigenvalue weighted by Gasteiger charge is -2.20. The van der Waals surface area contributed by atoms with Crippen LogP contribution in [0, 0.1) is 0 Å². The lowest BCUT2D eigenvalue weighted by Crippen LogP contribution is -2.02. The fraction of sp³-hybridized carbons (Fsp3) is 0.182. The molecule has 104 valence electrons. The van der Waals surface area contributed by atoms with Gasteiger partial charge in [-0.2, -0.15) is 0 Å². The average molecular weight is 280 g/mol. The summed E-state index contributed by atoms with van der Waals surface area (Å²) in [6.45, 7) is 0. The van der Waals surface area contributed by atoms with Crippen LogP contribution in [0.15, 0.2) is 24.3 Å². The first kappa shape index (κ1) is 11.3. The molecule has 0 saturated carbocycles. The molecule has 0 N–H and O–H groups in total. The van der Waals surface area contributed by atoms with E-state index in [9.17, 15) is 0 Å². The van der Waals surface area contributed by atoms with Gasteiger partial charge in [0.2, 0.25) is 0 Å². The minimum Gasteiger partial charge on any atom is -0.0795 e. The lowest BCUT2D eigenvalue weighted by atomic mass is 9.83. The molecule has 4 aliphatic rings. The van der Waals surface area contributed by atoms with E-state index in [1.165, 1.54) is 22.3 Å². The SMILES string of the molecule is C1=Cc2c(c3c(c4c5c(c6c(c24)CC=C6)C=CC5)C=CC3)C1. The maximum atomic E-state index is 2.38. The lowest BCUT2D eigenvalue weighted by molar-refractivity contribution is 1.19. The zero-order valence-electron chi connectivity index (χ0n) is 12.4. The Hall–Kier alpha value is -2.34. The fourth-order valence-corrected chi connectivity index (χ4v) is 4.94. The summed E-state index contributed by atoms with van der Waals surface area (Å²) in [4.78, 5) is 0. The summed E-state index contributed by atoms with van der Waals surface area (Å²) in [6, 6.07) is 0. The molecule has 0 bridgehead atoms. The minimum atomic E-state index is 1.09. The predicted octanol–water partition coefficient (Wildman–Crippen LogP) is 5.12. The summed E-state index contributed by atoms with van der Waals surface area (Å²) in [6.07, 6.45) is 23.2. The molecule has 4 aliphatic carbocycles. The molecule has 0 nitrogen and oxygen atoms in total. The monoisotopic (exact) mass is 280 g/mol. The van der Waals surface area contributed by atoms with Gasteiger partial charge in [0.25, 0.3) is 0 Å². The van der Waals surface area contributed by atoms with Gasteiger partial charge in [-0.3, -0.25) is 0 Å². The highest BCUT2D eigenvalue weighted by Crippen LogP contribution is 2.47. The summed E-state index contributed by atoms with van der Waals surface area (Å²) in [5.74, 6) is 0. The van der Waals surface area contributed by atoms with Crippen LogP contribution in [0.3, 0.4) is 0 Å². The first-order valence-corrected chi connectivity index (χ1v) is 8.29. The normalized spacial score (nSPS) is 18.4. The standard InChI is InChI=1S/C22H16/c1-5-13-14-6-2-10-18(14)22-20-12-4-8-16(20)15-7-3-11-19(15)21(22)17(13)9-1/h1-6,11-12H,7-10H2. The van der Waals surface area contributed by atoms with Crippen LogP contribution in [-0.2, 0) is 25.7 Å². The average Bonchev–Trinajstić information content (AvgIpc) is 3.28. The van der Waals surface area contributed by atoms with Crippen molar-refractivity contribution in [3.8, 4) is 0 Å². The van der Waals surface area contributed by atoms with Gasteiger partial charge in [-0.25, -0.2) is 0 Å². The third-order valence-electron chi connectivity index (χ3n) is 5.77. The van der Waals surface area contributed by atoms with Gasteiger partial charge < -0.3 is 0 Å². The zero-order chi connectivity index (χ0) is 14.3. The summed E-state index contributed by atoms with van der Waals surface area (Å²) >= 11 is 0. The van der Waals surface area contributed by atoms with Crippen molar-refractivity contribution >= 4 is 35.1 Å². The number of benzene rings is 2. The van der Waals surface area contributed by atoms with Gasteiger partial charge >= 0.3 is 0 Å². The third kappa shape index (κ3) is 1.14. The topological polar surface area (TPSA) is 0 Å². The molecule has 0 aliphatic heterocycles. The molecule has 0 atom stereocenters. The molecule has 0 radical (unpaired) electrons. The number of rotatable bonds is 0. The van der Waals surface area contributed by atoms with E-state index in [1.54, 1.807) is 33.0 Å².